The molecule has 2 aromatic rings. The van der Waals surface area contributed by atoms with Crippen molar-refractivity contribution in [3.05, 3.63) is 48.2 Å². The van der Waals surface area contributed by atoms with E-state index < -0.39 is 0 Å². The fourth-order valence-corrected chi connectivity index (χ4v) is 2.56. The van der Waals surface area contributed by atoms with Gasteiger partial charge >= 0.3 is 0 Å². The predicted molar refractivity (Wildman–Crippen MR) is 78.8 cm³/mol. The van der Waals surface area contributed by atoms with E-state index in [0.717, 1.165) is 35.7 Å². The molecule has 0 radical (unpaired) electrons. The number of nitrogens with one attached hydrogen (secondary N) is 1. The second kappa shape index (κ2) is 4.37. The number of rotatable bonds is 1. The summed E-state index contributed by atoms with van der Waals surface area (Å²) >= 11 is 0. The lowest BCUT2D eigenvalue weighted by atomic mass is 10.1. The lowest BCUT2D eigenvalue weighted by Gasteiger charge is -2.31. The molecule has 0 bridgehead atoms. The molecule has 0 amide bonds. The second-order valence-electron chi connectivity index (χ2n) is 5.12. The van der Waals surface area contributed by atoms with Gasteiger partial charge in [0.1, 0.15) is 11.3 Å². The van der Waals surface area contributed by atoms with Gasteiger partial charge in [-0.05, 0) is 18.6 Å². The third-order valence-corrected chi connectivity index (χ3v) is 3.66. The number of anilines is 1. The SMILES string of the molecule is C=C1CCN(c2nn(C)c3c(F)c(C)ccc23)C(=C)N1. The molecule has 20 heavy (non-hydrogen) atoms. The van der Waals surface area contributed by atoms with Crippen LogP contribution < -0.4 is 10.2 Å². The lowest BCUT2D eigenvalue weighted by Crippen LogP contribution is -2.37. The first kappa shape index (κ1) is 12.7. The summed E-state index contributed by atoms with van der Waals surface area (Å²) in [5.41, 5.74) is 2.08. The molecule has 0 unspecified atom stereocenters. The zero-order valence-electron chi connectivity index (χ0n) is 11.7. The first-order valence-corrected chi connectivity index (χ1v) is 6.52. The smallest absolute Gasteiger partial charge is 0.164 e. The van der Waals surface area contributed by atoms with Gasteiger partial charge < -0.3 is 10.2 Å². The molecular weight excluding hydrogens is 255 g/mol. The average molecular weight is 272 g/mol. The minimum Gasteiger partial charge on any atom is -0.346 e. The van der Waals surface area contributed by atoms with E-state index >= 15 is 0 Å². The van der Waals surface area contributed by atoms with Crippen LogP contribution in [0.3, 0.4) is 0 Å². The highest BCUT2D eigenvalue weighted by atomic mass is 19.1. The van der Waals surface area contributed by atoms with Gasteiger partial charge in [0.2, 0.25) is 0 Å². The topological polar surface area (TPSA) is 33.1 Å². The number of aryl methyl sites for hydroxylation is 2. The minimum absolute atomic E-state index is 0.219. The third-order valence-electron chi connectivity index (χ3n) is 3.66. The number of hydrogen-bond acceptors (Lipinski definition) is 3. The van der Waals surface area contributed by atoms with E-state index in [4.69, 9.17) is 0 Å². The van der Waals surface area contributed by atoms with Crippen LogP contribution in [0.2, 0.25) is 0 Å². The zero-order chi connectivity index (χ0) is 14.4. The Balaban J connectivity index is 2.16. The van der Waals surface area contributed by atoms with Crippen molar-refractivity contribution in [2.75, 3.05) is 11.4 Å². The number of halogens is 1. The third kappa shape index (κ3) is 1.78. The number of nitrogens with zero attached hydrogens (tertiary/aromatic N) is 3. The molecular formula is C15H17FN4. The molecule has 2 heterocycles. The van der Waals surface area contributed by atoms with Crippen molar-refractivity contribution in [3.63, 3.8) is 0 Å². The summed E-state index contributed by atoms with van der Waals surface area (Å²) in [5, 5.41) is 8.38. The standard InChI is InChI=1S/C15H17FN4/c1-9-5-6-12-14(13(9)16)19(4)18-15(12)20-8-7-10(2)17-11(20)3/h5-6,17H,2-3,7-8H2,1,4H3. The zero-order valence-corrected chi connectivity index (χ0v) is 11.7. The van der Waals surface area contributed by atoms with Gasteiger partial charge in [-0.15, -0.1) is 0 Å². The molecule has 1 N–H and O–H groups in total. The van der Waals surface area contributed by atoms with E-state index in [0.29, 0.717) is 11.1 Å². The van der Waals surface area contributed by atoms with Gasteiger partial charge in [-0.25, -0.2) is 4.39 Å². The second-order valence-corrected chi connectivity index (χ2v) is 5.12. The van der Waals surface area contributed by atoms with Gasteiger partial charge in [-0.2, -0.15) is 5.10 Å². The van der Waals surface area contributed by atoms with Gasteiger partial charge in [0, 0.05) is 31.1 Å². The van der Waals surface area contributed by atoms with Crippen molar-refractivity contribution < 1.29 is 4.39 Å². The van der Waals surface area contributed by atoms with Crippen LogP contribution in [0.25, 0.3) is 10.9 Å². The summed E-state index contributed by atoms with van der Waals surface area (Å²) in [5.74, 6) is 1.23. The van der Waals surface area contributed by atoms with Crippen LogP contribution in [0.4, 0.5) is 10.2 Å². The number of hydrogen-bond donors (Lipinski definition) is 1. The molecule has 0 aliphatic carbocycles. The fraction of sp³-hybridized carbons (Fsp3) is 0.267. The molecule has 5 heteroatoms. The Morgan fingerprint density at radius 3 is 2.80 bits per heavy atom. The summed E-state index contributed by atoms with van der Waals surface area (Å²) in [7, 11) is 1.76. The first-order chi connectivity index (χ1) is 9.49. The Bertz CT molecular complexity index is 729. The van der Waals surface area contributed by atoms with E-state index in [-0.39, 0.29) is 5.82 Å². The van der Waals surface area contributed by atoms with Crippen molar-refractivity contribution in [3.8, 4) is 0 Å². The van der Waals surface area contributed by atoms with Crippen LogP contribution in [-0.2, 0) is 7.05 Å². The largest absolute Gasteiger partial charge is 0.346 e. The molecule has 1 aromatic carbocycles. The number of aromatic nitrogens is 2. The van der Waals surface area contributed by atoms with Crippen molar-refractivity contribution in [2.24, 2.45) is 7.05 Å². The van der Waals surface area contributed by atoms with E-state index in [1.165, 1.54) is 0 Å². The van der Waals surface area contributed by atoms with Crippen LogP contribution in [0, 0.1) is 12.7 Å². The van der Waals surface area contributed by atoms with Crippen LogP contribution in [0.5, 0.6) is 0 Å². The van der Waals surface area contributed by atoms with Gasteiger partial charge in [0.15, 0.2) is 11.6 Å². The van der Waals surface area contributed by atoms with E-state index in [2.05, 4.69) is 23.6 Å². The molecule has 1 fully saturated rings. The molecule has 1 aliphatic rings. The first-order valence-electron chi connectivity index (χ1n) is 6.52. The normalized spacial score (nSPS) is 15.8. The van der Waals surface area contributed by atoms with Crippen molar-refractivity contribution in [1.29, 1.82) is 0 Å². The quantitative estimate of drug-likeness (QED) is 0.866. The van der Waals surface area contributed by atoms with E-state index in [1.807, 2.05) is 11.0 Å². The van der Waals surface area contributed by atoms with Gasteiger partial charge in [0.25, 0.3) is 0 Å². The highest BCUT2D eigenvalue weighted by Crippen LogP contribution is 2.31. The highest BCUT2D eigenvalue weighted by molar-refractivity contribution is 5.92. The summed E-state index contributed by atoms with van der Waals surface area (Å²) in [6.07, 6.45) is 0.811. The fourth-order valence-electron chi connectivity index (χ4n) is 2.56. The van der Waals surface area contributed by atoms with Gasteiger partial charge in [0.05, 0.1) is 0 Å². The summed E-state index contributed by atoms with van der Waals surface area (Å²) < 4.78 is 15.9. The molecule has 1 aromatic heterocycles. The molecule has 104 valence electrons. The predicted octanol–water partition coefficient (Wildman–Crippen LogP) is 2.81. The highest BCUT2D eigenvalue weighted by Gasteiger charge is 2.23. The Kier molecular flexibility index (Phi) is 2.78. The lowest BCUT2D eigenvalue weighted by molar-refractivity contribution is 0.616. The maximum atomic E-state index is 14.3. The average Bonchev–Trinajstić information content (AvgIpc) is 2.72. The Morgan fingerprint density at radius 1 is 1.35 bits per heavy atom. The molecule has 1 saturated heterocycles. The number of benzene rings is 1. The van der Waals surface area contributed by atoms with Crippen LogP contribution >= 0.6 is 0 Å². The Labute approximate surface area is 117 Å². The Hall–Kier alpha value is -2.30. The molecule has 0 saturated carbocycles. The van der Waals surface area contributed by atoms with Gasteiger partial charge in [-0.1, -0.05) is 19.2 Å². The van der Waals surface area contributed by atoms with Gasteiger partial charge in [-0.3, -0.25) is 4.68 Å². The van der Waals surface area contributed by atoms with Crippen molar-refractivity contribution in [2.45, 2.75) is 13.3 Å². The maximum Gasteiger partial charge on any atom is 0.164 e. The van der Waals surface area contributed by atoms with Crippen LogP contribution in [0.1, 0.15) is 12.0 Å². The van der Waals surface area contributed by atoms with Crippen molar-refractivity contribution in [1.82, 2.24) is 15.1 Å². The molecule has 3 rings (SSSR count). The van der Waals surface area contributed by atoms with E-state index in [1.54, 1.807) is 24.7 Å². The summed E-state index contributed by atoms with van der Waals surface area (Å²) in [6.45, 7) is 10.4. The molecule has 0 atom stereocenters. The van der Waals surface area contributed by atoms with Crippen LogP contribution in [0.15, 0.2) is 36.8 Å². The Morgan fingerprint density at radius 2 is 2.10 bits per heavy atom. The monoisotopic (exact) mass is 272 g/mol. The molecule has 1 aliphatic heterocycles. The summed E-state index contributed by atoms with van der Waals surface area (Å²) in [6, 6.07) is 3.69. The van der Waals surface area contributed by atoms with Crippen LogP contribution in [-0.4, -0.2) is 16.3 Å². The molecule has 0 spiro atoms. The minimum atomic E-state index is -0.219. The maximum absolute atomic E-state index is 14.3. The molecule has 4 nitrogen and oxygen atoms in total. The van der Waals surface area contributed by atoms with E-state index in [9.17, 15) is 4.39 Å². The summed E-state index contributed by atoms with van der Waals surface area (Å²) in [4.78, 5) is 1.96. The van der Waals surface area contributed by atoms with Crippen molar-refractivity contribution >= 4 is 16.7 Å². The number of fused-ring (bicyclic) bond motifs is 1.